The Morgan fingerprint density at radius 3 is 2.53 bits per heavy atom. The molecule has 0 spiro atoms. The maximum atomic E-state index is 13.7. The second kappa shape index (κ2) is 7.24. The number of amides is 4. The Morgan fingerprint density at radius 1 is 0.971 bits per heavy atom. The monoisotopic (exact) mass is 455 g/mol. The molecule has 3 aromatic carbocycles. The zero-order chi connectivity index (χ0) is 23.4. The van der Waals surface area contributed by atoms with E-state index in [2.05, 4.69) is 20.8 Å². The first-order valence-electron chi connectivity index (χ1n) is 10.7. The van der Waals surface area contributed by atoms with Gasteiger partial charge in [0, 0.05) is 17.5 Å². The van der Waals surface area contributed by atoms with E-state index in [1.807, 2.05) is 30.3 Å². The molecular formula is C25H18FN5O3. The third kappa shape index (κ3) is 3.05. The van der Waals surface area contributed by atoms with Crippen LogP contribution in [0.4, 0.5) is 9.18 Å². The highest BCUT2D eigenvalue weighted by molar-refractivity contribution is 6.08. The van der Waals surface area contributed by atoms with Crippen molar-refractivity contribution in [3.05, 3.63) is 89.4 Å². The quantitative estimate of drug-likeness (QED) is 0.411. The number of nitrogens with one attached hydrogen (secondary N) is 3. The van der Waals surface area contributed by atoms with Gasteiger partial charge in [-0.3, -0.25) is 20.0 Å². The molecule has 6 rings (SSSR count). The molecular weight excluding hydrogens is 437 g/mol. The molecule has 2 aliphatic rings. The first-order chi connectivity index (χ1) is 16.4. The second-order valence-electron chi connectivity index (χ2n) is 8.53. The van der Waals surface area contributed by atoms with Crippen molar-refractivity contribution in [3.63, 3.8) is 0 Å². The van der Waals surface area contributed by atoms with Crippen molar-refractivity contribution in [2.45, 2.75) is 12.1 Å². The van der Waals surface area contributed by atoms with E-state index in [-0.39, 0.29) is 24.6 Å². The molecule has 1 atom stereocenters. The summed E-state index contributed by atoms with van der Waals surface area (Å²) in [4.78, 5) is 39.5. The lowest BCUT2D eigenvalue weighted by Gasteiger charge is -2.31. The minimum atomic E-state index is -1.46. The number of rotatable bonds is 4. The third-order valence-corrected chi connectivity index (χ3v) is 6.47. The molecule has 3 N–H and O–H groups in total. The van der Waals surface area contributed by atoms with Gasteiger partial charge in [-0.05, 0) is 46.5 Å². The maximum Gasteiger partial charge on any atom is 0.322 e. The molecule has 1 saturated heterocycles. The van der Waals surface area contributed by atoms with E-state index in [9.17, 15) is 18.8 Å². The maximum absolute atomic E-state index is 13.7. The number of aromatic nitrogens is 2. The van der Waals surface area contributed by atoms with E-state index in [1.54, 1.807) is 24.4 Å². The molecule has 1 fully saturated rings. The molecule has 1 aromatic heterocycles. The Bertz CT molecular complexity index is 1500. The molecule has 168 valence electrons. The minimum Gasteiger partial charge on any atom is -0.331 e. The van der Waals surface area contributed by atoms with Crippen LogP contribution >= 0.6 is 0 Å². The predicted octanol–water partition coefficient (Wildman–Crippen LogP) is 3.06. The summed E-state index contributed by atoms with van der Waals surface area (Å²) in [6.07, 6.45) is 1.75. The predicted molar refractivity (Wildman–Crippen MR) is 121 cm³/mol. The van der Waals surface area contributed by atoms with Crippen LogP contribution in [0.1, 0.15) is 21.5 Å². The molecule has 4 aromatic rings. The molecule has 0 bridgehead atoms. The van der Waals surface area contributed by atoms with Crippen LogP contribution in [0.5, 0.6) is 0 Å². The van der Waals surface area contributed by atoms with Crippen molar-refractivity contribution in [3.8, 4) is 11.1 Å². The number of carbonyl (C=O) groups excluding carboxylic acids is 3. The molecule has 2 aliphatic heterocycles. The number of H-pyrrole nitrogens is 1. The summed E-state index contributed by atoms with van der Waals surface area (Å²) in [5.74, 6) is -1.42. The van der Waals surface area contributed by atoms with Gasteiger partial charge in [-0.15, -0.1) is 0 Å². The van der Waals surface area contributed by atoms with Crippen LogP contribution in [0.25, 0.3) is 22.0 Å². The molecule has 0 radical (unpaired) electrons. The van der Waals surface area contributed by atoms with Gasteiger partial charge in [0.1, 0.15) is 5.82 Å². The number of imide groups is 1. The van der Waals surface area contributed by atoms with E-state index in [4.69, 9.17) is 0 Å². The van der Waals surface area contributed by atoms with E-state index >= 15 is 0 Å². The fourth-order valence-corrected chi connectivity index (χ4v) is 4.71. The summed E-state index contributed by atoms with van der Waals surface area (Å²) in [5.41, 5.74) is 2.86. The van der Waals surface area contributed by atoms with Crippen LogP contribution < -0.4 is 10.6 Å². The van der Waals surface area contributed by atoms with E-state index in [0.717, 1.165) is 22.0 Å². The lowest BCUT2D eigenvalue weighted by Crippen LogP contribution is -2.52. The van der Waals surface area contributed by atoms with Gasteiger partial charge in [-0.1, -0.05) is 36.4 Å². The Balaban J connectivity index is 1.34. The minimum absolute atomic E-state index is 0.0833. The average Bonchev–Trinajstić information content (AvgIpc) is 3.50. The van der Waals surface area contributed by atoms with Crippen molar-refractivity contribution in [1.29, 1.82) is 0 Å². The van der Waals surface area contributed by atoms with Gasteiger partial charge in [0.15, 0.2) is 5.54 Å². The van der Waals surface area contributed by atoms with Gasteiger partial charge in [0.05, 0.1) is 18.3 Å². The summed E-state index contributed by atoms with van der Waals surface area (Å²) < 4.78 is 13.7. The highest BCUT2D eigenvalue weighted by Crippen LogP contribution is 2.33. The third-order valence-electron chi connectivity index (χ3n) is 6.47. The molecule has 9 heteroatoms. The van der Waals surface area contributed by atoms with E-state index < -0.39 is 23.3 Å². The van der Waals surface area contributed by atoms with Crippen molar-refractivity contribution in [1.82, 2.24) is 25.7 Å². The summed E-state index contributed by atoms with van der Waals surface area (Å²) in [6, 6.07) is 16.6. The van der Waals surface area contributed by atoms with Crippen LogP contribution in [-0.4, -0.2) is 39.5 Å². The Hall–Kier alpha value is -4.53. The number of carbonyl (C=O) groups is 3. The van der Waals surface area contributed by atoms with Crippen LogP contribution in [0.15, 0.2) is 66.9 Å². The number of fused-ring (bicyclic) bond motifs is 2. The molecule has 0 unspecified atom stereocenters. The van der Waals surface area contributed by atoms with Gasteiger partial charge < -0.3 is 10.2 Å². The van der Waals surface area contributed by atoms with Crippen LogP contribution in [0.2, 0.25) is 0 Å². The second-order valence-corrected chi connectivity index (χ2v) is 8.53. The number of hydrogen-bond donors (Lipinski definition) is 3. The normalized spacial score (nSPS) is 19.4. The van der Waals surface area contributed by atoms with Crippen LogP contribution in [0, 0.1) is 5.82 Å². The number of hydrogen-bond acceptors (Lipinski definition) is 4. The Labute approximate surface area is 192 Å². The van der Waals surface area contributed by atoms with E-state index in [0.29, 0.717) is 11.1 Å². The summed E-state index contributed by atoms with van der Waals surface area (Å²) in [6.45, 7) is 0.141. The number of halogens is 1. The standard InChI is InChI=1S/C25H18FN5O3/c26-19-7-3-16-12-31(22(32)20(16)10-19)13-25(23(33)28-24(34)29-25)18-5-1-14(2-6-18)15-4-8-21-17(9-15)11-27-30-21/h1-11H,12-13H2,(H,27,30)(H2,28,29,33,34)/t25-/m0/s1. The van der Waals surface area contributed by atoms with Crippen molar-refractivity contribution in [2.75, 3.05) is 6.54 Å². The van der Waals surface area contributed by atoms with Gasteiger partial charge in [-0.25, -0.2) is 9.18 Å². The Morgan fingerprint density at radius 2 is 1.76 bits per heavy atom. The first-order valence-corrected chi connectivity index (χ1v) is 10.7. The summed E-state index contributed by atoms with van der Waals surface area (Å²) >= 11 is 0. The van der Waals surface area contributed by atoms with Crippen molar-refractivity contribution < 1.29 is 18.8 Å². The number of aromatic amines is 1. The number of urea groups is 1. The molecule has 8 nitrogen and oxygen atoms in total. The van der Waals surface area contributed by atoms with E-state index in [1.165, 1.54) is 17.0 Å². The zero-order valence-corrected chi connectivity index (χ0v) is 17.8. The fraction of sp³-hybridized carbons (Fsp3) is 0.120. The summed E-state index contributed by atoms with van der Waals surface area (Å²) in [7, 11) is 0. The Kier molecular flexibility index (Phi) is 4.28. The zero-order valence-electron chi connectivity index (χ0n) is 17.8. The van der Waals surface area contributed by atoms with Crippen LogP contribution in [-0.2, 0) is 16.9 Å². The SMILES string of the molecule is O=C1NC(=O)[C@](CN2Cc3ccc(F)cc3C2=O)(c2ccc(-c3ccc4[nH]ncc4c3)cc2)N1. The fourth-order valence-electron chi connectivity index (χ4n) is 4.71. The molecule has 4 amide bonds. The van der Waals surface area contributed by atoms with Gasteiger partial charge >= 0.3 is 6.03 Å². The van der Waals surface area contributed by atoms with Gasteiger partial charge in [0.25, 0.3) is 11.8 Å². The average molecular weight is 455 g/mol. The lowest BCUT2D eigenvalue weighted by molar-refractivity contribution is -0.124. The van der Waals surface area contributed by atoms with Crippen molar-refractivity contribution in [2.24, 2.45) is 0 Å². The molecule has 0 aliphatic carbocycles. The lowest BCUT2D eigenvalue weighted by atomic mass is 9.88. The topological polar surface area (TPSA) is 107 Å². The largest absolute Gasteiger partial charge is 0.331 e. The highest BCUT2D eigenvalue weighted by Gasteiger charge is 2.50. The van der Waals surface area contributed by atoms with Crippen LogP contribution in [0.3, 0.4) is 0 Å². The van der Waals surface area contributed by atoms with Gasteiger partial charge in [0.2, 0.25) is 0 Å². The summed E-state index contributed by atoms with van der Waals surface area (Å²) in [5, 5.41) is 12.9. The molecule has 3 heterocycles. The number of benzene rings is 3. The molecule has 34 heavy (non-hydrogen) atoms. The molecule has 0 saturated carbocycles. The van der Waals surface area contributed by atoms with Gasteiger partial charge in [-0.2, -0.15) is 5.10 Å². The smallest absolute Gasteiger partial charge is 0.322 e. The number of nitrogens with zero attached hydrogens (tertiary/aromatic N) is 2. The first kappa shape index (κ1) is 20.1. The van der Waals surface area contributed by atoms with Crippen molar-refractivity contribution >= 4 is 28.7 Å². The highest BCUT2D eigenvalue weighted by atomic mass is 19.1.